The first-order valence-corrected chi connectivity index (χ1v) is 10.8. The van der Waals surface area contributed by atoms with Crippen LogP contribution < -0.4 is 10.6 Å². The van der Waals surface area contributed by atoms with E-state index in [0.29, 0.717) is 37.7 Å². The van der Waals surface area contributed by atoms with Gasteiger partial charge in [-0.1, -0.05) is 25.1 Å². The first-order chi connectivity index (χ1) is 15.4. The number of nitrogens with one attached hydrogen (secondary N) is 3. The Labute approximate surface area is 185 Å². The molecular weight excluding hydrogens is 404 g/mol. The van der Waals surface area contributed by atoms with Crippen molar-refractivity contribution in [2.45, 2.75) is 33.6 Å². The van der Waals surface area contributed by atoms with E-state index in [0.717, 1.165) is 39.0 Å². The number of ether oxygens (including phenoxy) is 1. The zero-order valence-corrected chi connectivity index (χ0v) is 18.5. The Morgan fingerprint density at radius 1 is 1.12 bits per heavy atom. The Bertz CT molecular complexity index is 1320. The second kappa shape index (κ2) is 7.87. The van der Waals surface area contributed by atoms with Crippen LogP contribution in [0, 0.1) is 19.3 Å². The highest BCUT2D eigenvalue weighted by atomic mass is 16.5. The summed E-state index contributed by atoms with van der Waals surface area (Å²) in [6, 6.07) is 9.86. The van der Waals surface area contributed by atoms with E-state index in [4.69, 9.17) is 4.74 Å². The van der Waals surface area contributed by atoms with Crippen molar-refractivity contribution in [3.63, 3.8) is 0 Å². The number of carbonyl (C=O) groups is 1. The molecule has 5 rings (SSSR count). The van der Waals surface area contributed by atoms with Crippen molar-refractivity contribution in [1.82, 2.24) is 19.9 Å². The number of hydrogen-bond acceptors (Lipinski definition) is 6. The predicted octanol–water partition coefficient (Wildman–Crippen LogP) is 4.62. The Kier molecular flexibility index (Phi) is 5.01. The van der Waals surface area contributed by atoms with Gasteiger partial charge in [0.05, 0.1) is 22.1 Å². The molecule has 32 heavy (non-hydrogen) atoms. The molecule has 0 spiro atoms. The lowest BCUT2D eigenvalue weighted by Gasteiger charge is -2.32. The minimum atomic E-state index is -0.460. The van der Waals surface area contributed by atoms with Gasteiger partial charge in [-0.15, -0.1) is 0 Å². The number of anilines is 3. The molecule has 1 aliphatic rings. The summed E-state index contributed by atoms with van der Waals surface area (Å²) < 4.78 is 5.44. The summed E-state index contributed by atoms with van der Waals surface area (Å²) in [6.07, 6.45) is 3.21. The maximum Gasteiger partial charge on any atom is 0.230 e. The molecule has 164 valence electrons. The monoisotopic (exact) mass is 430 g/mol. The van der Waals surface area contributed by atoms with Gasteiger partial charge < -0.3 is 20.4 Å². The SMILES string of the molecule is Cc1nc2c(NC(=O)C3(C)CCOCC3)cc(Nc3ncc4cccc(C)c4n3)cc2[nH]1. The zero-order valence-electron chi connectivity index (χ0n) is 18.5. The normalized spacial score (nSPS) is 15.7. The minimum absolute atomic E-state index is 0.0162. The van der Waals surface area contributed by atoms with E-state index >= 15 is 0 Å². The molecule has 1 saturated heterocycles. The lowest BCUT2D eigenvalue weighted by Crippen LogP contribution is -2.38. The first kappa shape index (κ1) is 20.4. The Morgan fingerprint density at radius 3 is 2.75 bits per heavy atom. The summed E-state index contributed by atoms with van der Waals surface area (Å²) in [5, 5.41) is 7.40. The summed E-state index contributed by atoms with van der Waals surface area (Å²) >= 11 is 0. The number of aryl methyl sites for hydroxylation is 2. The van der Waals surface area contributed by atoms with Crippen LogP contribution in [0.2, 0.25) is 0 Å². The van der Waals surface area contributed by atoms with Gasteiger partial charge in [0, 0.05) is 30.5 Å². The molecule has 0 bridgehead atoms. The van der Waals surface area contributed by atoms with E-state index in [-0.39, 0.29) is 5.91 Å². The molecule has 8 nitrogen and oxygen atoms in total. The molecule has 8 heteroatoms. The number of para-hydroxylation sites is 1. The highest BCUT2D eigenvalue weighted by Crippen LogP contribution is 2.34. The number of amides is 1. The van der Waals surface area contributed by atoms with Gasteiger partial charge in [0.2, 0.25) is 11.9 Å². The van der Waals surface area contributed by atoms with Gasteiger partial charge in [0.15, 0.2) is 0 Å². The van der Waals surface area contributed by atoms with Crippen molar-refractivity contribution in [3.8, 4) is 0 Å². The van der Waals surface area contributed by atoms with Crippen LogP contribution in [0.5, 0.6) is 0 Å². The average Bonchev–Trinajstić information content (AvgIpc) is 3.15. The van der Waals surface area contributed by atoms with E-state index in [1.54, 1.807) is 0 Å². The molecule has 1 fully saturated rings. The maximum atomic E-state index is 13.1. The number of H-pyrrole nitrogens is 1. The van der Waals surface area contributed by atoms with Crippen LogP contribution in [-0.4, -0.2) is 39.1 Å². The van der Waals surface area contributed by atoms with Gasteiger partial charge >= 0.3 is 0 Å². The number of imidazole rings is 1. The summed E-state index contributed by atoms with van der Waals surface area (Å²) in [6.45, 7) is 7.12. The molecular formula is C24H26N6O2. The number of fused-ring (bicyclic) bond motifs is 2. The molecule has 0 saturated carbocycles. The molecule has 2 aromatic carbocycles. The molecule has 4 aromatic rings. The van der Waals surface area contributed by atoms with E-state index < -0.39 is 5.41 Å². The van der Waals surface area contributed by atoms with Crippen LogP contribution >= 0.6 is 0 Å². The van der Waals surface area contributed by atoms with Crippen molar-refractivity contribution < 1.29 is 9.53 Å². The number of carbonyl (C=O) groups excluding carboxylic acids is 1. The average molecular weight is 431 g/mol. The van der Waals surface area contributed by atoms with Crippen LogP contribution in [0.4, 0.5) is 17.3 Å². The molecule has 0 radical (unpaired) electrons. The number of benzene rings is 2. The van der Waals surface area contributed by atoms with Gasteiger partial charge in [-0.2, -0.15) is 0 Å². The highest BCUT2D eigenvalue weighted by molar-refractivity contribution is 6.03. The third-order valence-corrected chi connectivity index (χ3v) is 6.17. The smallest absolute Gasteiger partial charge is 0.230 e. The minimum Gasteiger partial charge on any atom is -0.381 e. The fraction of sp³-hybridized carbons (Fsp3) is 0.333. The van der Waals surface area contributed by atoms with E-state index in [1.807, 2.05) is 57.3 Å². The van der Waals surface area contributed by atoms with Crippen molar-refractivity contribution in [1.29, 1.82) is 0 Å². The number of rotatable bonds is 4. The molecule has 3 N–H and O–H groups in total. The zero-order chi connectivity index (χ0) is 22.3. The number of aromatic amines is 1. The summed E-state index contributed by atoms with van der Waals surface area (Å²) in [4.78, 5) is 30.1. The van der Waals surface area contributed by atoms with E-state index in [9.17, 15) is 4.79 Å². The third-order valence-electron chi connectivity index (χ3n) is 6.17. The highest BCUT2D eigenvalue weighted by Gasteiger charge is 2.35. The fourth-order valence-electron chi connectivity index (χ4n) is 4.12. The Morgan fingerprint density at radius 2 is 1.94 bits per heavy atom. The number of aromatic nitrogens is 4. The largest absolute Gasteiger partial charge is 0.381 e. The molecule has 2 aromatic heterocycles. The van der Waals surface area contributed by atoms with Gasteiger partial charge in [-0.05, 0) is 44.4 Å². The Balaban J connectivity index is 1.49. The molecule has 3 heterocycles. The van der Waals surface area contributed by atoms with E-state index in [2.05, 4.69) is 30.6 Å². The quantitative estimate of drug-likeness (QED) is 0.436. The molecule has 1 aliphatic heterocycles. The van der Waals surface area contributed by atoms with Crippen LogP contribution in [0.3, 0.4) is 0 Å². The predicted molar refractivity (Wildman–Crippen MR) is 125 cm³/mol. The van der Waals surface area contributed by atoms with E-state index in [1.165, 1.54) is 0 Å². The lowest BCUT2D eigenvalue weighted by molar-refractivity contribution is -0.129. The van der Waals surface area contributed by atoms with Crippen molar-refractivity contribution in [2.75, 3.05) is 23.8 Å². The van der Waals surface area contributed by atoms with Crippen LogP contribution in [0.25, 0.3) is 21.9 Å². The molecule has 0 unspecified atom stereocenters. The molecule has 1 amide bonds. The van der Waals surface area contributed by atoms with Crippen molar-refractivity contribution >= 4 is 45.2 Å². The number of nitrogens with zero attached hydrogens (tertiary/aromatic N) is 3. The molecule has 0 aliphatic carbocycles. The van der Waals surface area contributed by atoms with Crippen LogP contribution in [0.1, 0.15) is 31.2 Å². The summed E-state index contributed by atoms with van der Waals surface area (Å²) in [5.74, 6) is 1.26. The standard InChI is InChI=1S/C24H26N6O2/c1-14-5-4-6-16-13-25-23(30-20(14)16)28-17-11-18-21(27-15(2)26-18)19(12-17)29-22(31)24(3)7-9-32-10-8-24/h4-6,11-13H,7-10H2,1-3H3,(H,26,27)(H,29,31)(H,25,28,30). The van der Waals surface area contributed by atoms with Gasteiger partial charge in [0.1, 0.15) is 11.3 Å². The van der Waals surface area contributed by atoms with Crippen LogP contribution in [0.15, 0.2) is 36.5 Å². The Hall–Kier alpha value is -3.52. The topological polar surface area (TPSA) is 105 Å². The first-order valence-electron chi connectivity index (χ1n) is 10.8. The second-order valence-corrected chi connectivity index (χ2v) is 8.70. The number of hydrogen-bond donors (Lipinski definition) is 3. The summed E-state index contributed by atoms with van der Waals surface area (Å²) in [5.41, 5.74) is 4.52. The maximum absolute atomic E-state index is 13.1. The lowest BCUT2D eigenvalue weighted by atomic mass is 9.81. The molecule has 0 atom stereocenters. The van der Waals surface area contributed by atoms with Gasteiger partial charge in [-0.3, -0.25) is 4.79 Å². The summed E-state index contributed by atoms with van der Waals surface area (Å²) in [7, 11) is 0. The van der Waals surface area contributed by atoms with Gasteiger partial charge in [-0.25, -0.2) is 15.0 Å². The third kappa shape index (κ3) is 3.78. The fourth-order valence-corrected chi connectivity index (χ4v) is 4.12. The van der Waals surface area contributed by atoms with Crippen molar-refractivity contribution in [2.24, 2.45) is 5.41 Å². The second-order valence-electron chi connectivity index (χ2n) is 8.70. The van der Waals surface area contributed by atoms with Crippen LogP contribution in [-0.2, 0) is 9.53 Å². The van der Waals surface area contributed by atoms with Gasteiger partial charge in [0.25, 0.3) is 0 Å². The van der Waals surface area contributed by atoms with Crippen molar-refractivity contribution in [3.05, 3.63) is 47.9 Å².